The third-order valence-electron chi connectivity index (χ3n) is 4.73. The van der Waals surface area contributed by atoms with E-state index < -0.39 is 5.82 Å². The van der Waals surface area contributed by atoms with Gasteiger partial charge in [0.15, 0.2) is 5.82 Å². The lowest BCUT2D eigenvalue weighted by molar-refractivity contribution is 0.0896. The molecule has 0 bridgehead atoms. The molecule has 1 aromatic heterocycles. The van der Waals surface area contributed by atoms with E-state index in [0.29, 0.717) is 5.95 Å². The summed E-state index contributed by atoms with van der Waals surface area (Å²) >= 11 is 0. The Balaban J connectivity index is 1.42. The number of ether oxygens (including phenoxy) is 1. The molecule has 1 aliphatic heterocycles. The first-order chi connectivity index (χ1) is 12.7. The molecule has 0 N–H and O–H groups in total. The van der Waals surface area contributed by atoms with E-state index in [-0.39, 0.29) is 11.9 Å². The number of anilines is 1. The largest absolute Gasteiger partial charge is 0.377 e. The minimum atomic E-state index is -0.416. The molecule has 1 aromatic carbocycles. The summed E-state index contributed by atoms with van der Waals surface area (Å²) in [6.07, 6.45) is 4.29. The molecule has 0 aliphatic carbocycles. The van der Waals surface area contributed by atoms with Gasteiger partial charge >= 0.3 is 0 Å². The lowest BCUT2D eigenvalue weighted by atomic mass is 10.0. The minimum Gasteiger partial charge on any atom is -0.377 e. The summed E-state index contributed by atoms with van der Waals surface area (Å²) in [5.74, 6) is -0.0605. The maximum atomic E-state index is 13.0. The molecule has 1 saturated heterocycles. The number of piperazine rings is 1. The predicted octanol–water partition coefficient (Wildman–Crippen LogP) is 3.04. The quantitative estimate of drug-likeness (QED) is 0.757. The molecule has 0 amide bonds. The number of methoxy groups -OCH3 is 1. The molecule has 1 unspecified atom stereocenters. The van der Waals surface area contributed by atoms with Crippen molar-refractivity contribution in [1.29, 1.82) is 0 Å². The van der Waals surface area contributed by atoms with E-state index in [1.165, 1.54) is 24.5 Å². The van der Waals surface area contributed by atoms with Crippen LogP contribution < -0.4 is 4.90 Å². The van der Waals surface area contributed by atoms with E-state index >= 15 is 0 Å². The maximum absolute atomic E-state index is 13.0. The van der Waals surface area contributed by atoms with Gasteiger partial charge in [-0.25, -0.2) is 18.7 Å². The molecular weight excluding hydrogens is 338 g/mol. The molecule has 5 nitrogen and oxygen atoms in total. The Hall–Kier alpha value is -2.12. The van der Waals surface area contributed by atoms with Crippen molar-refractivity contribution in [2.45, 2.75) is 18.9 Å². The second-order valence-electron chi connectivity index (χ2n) is 6.45. The van der Waals surface area contributed by atoms with Crippen molar-refractivity contribution >= 4 is 5.95 Å². The molecule has 1 aliphatic rings. The van der Waals surface area contributed by atoms with E-state index in [0.717, 1.165) is 51.1 Å². The molecule has 0 saturated carbocycles. The van der Waals surface area contributed by atoms with E-state index in [1.54, 1.807) is 19.2 Å². The number of aromatic nitrogens is 2. The van der Waals surface area contributed by atoms with Crippen LogP contribution in [-0.2, 0) is 4.74 Å². The zero-order chi connectivity index (χ0) is 18.4. The lowest BCUT2D eigenvalue weighted by Gasteiger charge is -2.34. The summed E-state index contributed by atoms with van der Waals surface area (Å²) in [6.45, 7) is 4.50. The molecule has 7 heteroatoms. The molecule has 2 heterocycles. The van der Waals surface area contributed by atoms with Crippen LogP contribution in [0, 0.1) is 11.6 Å². The highest BCUT2D eigenvalue weighted by atomic mass is 19.1. The summed E-state index contributed by atoms with van der Waals surface area (Å²) in [6, 6.07) is 6.51. The highest BCUT2D eigenvalue weighted by Crippen LogP contribution is 2.22. The van der Waals surface area contributed by atoms with E-state index in [9.17, 15) is 8.78 Å². The summed E-state index contributed by atoms with van der Waals surface area (Å²) in [5, 5.41) is 0. The van der Waals surface area contributed by atoms with Crippen molar-refractivity contribution < 1.29 is 13.5 Å². The molecule has 2 aromatic rings. The van der Waals surface area contributed by atoms with Crippen LogP contribution >= 0.6 is 0 Å². The minimum absolute atomic E-state index is 0.00972. The van der Waals surface area contributed by atoms with Crippen LogP contribution in [0.3, 0.4) is 0 Å². The molecular formula is C19H24F2N4O. The van der Waals surface area contributed by atoms with Crippen LogP contribution in [0.25, 0.3) is 0 Å². The summed E-state index contributed by atoms with van der Waals surface area (Å²) in [7, 11) is 1.69. The lowest BCUT2D eigenvalue weighted by Crippen LogP contribution is -2.47. The van der Waals surface area contributed by atoms with Crippen molar-refractivity contribution in [3.63, 3.8) is 0 Å². The van der Waals surface area contributed by atoms with Crippen molar-refractivity contribution in [3.05, 3.63) is 53.9 Å². The smallest absolute Gasteiger partial charge is 0.225 e. The Labute approximate surface area is 152 Å². The van der Waals surface area contributed by atoms with E-state index in [1.807, 2.05) is 0 Å². The van der Waals surface area contributed by atoms with Gasteiger partial charge in [-0.05, 0) is 37.1 Å². The van der Waals surface area contributed by atoms with Crippen molar-refractivity contribution in [2.75, 3.05) is 44.7 Å². The van der Waals surface area contributed by atoms with Crippen LogP contribution in [0.4, 0.5) is 14.7 Å². The fourth-order valence-corrected chi connectivity index (χ4v) is 3.24. The Bertz CT molecular complexity index is 673. The molecule has 140 valence electrons. The van der Waals surface area contributed by atoms with Gasteiger partial charge in [-0.1, -0.05) is 12.1 Å². The zero-order valence-corrected chi connectivity index (χ0v) is 14.9. The van der Waals surface area contributed by atoms with Gasteiger partial charge in [0.2, 0.25) is 5.95 Å². The second-order valence-corrected chi connectivity index (χ2v) is 6.45. The number of hydrogen-bond acceptors (Lipinski definition) is 5. The number of rotatable bonds is 7. The number of benzene rings is 1. The van der Waals surface area contributed by atoms with Crippen LogP contribution in [0.15, 0.2) is 36.7 Å². The Kier molecular flexibility index (Phi) is 6.46. The third-order valence-corrected chi connectivity index (χ3v) is 4.73. The van der Waals surface area contributed by atoms with Gasteiger partial charge < -0.3 is 9.64 Å². The van der Waals surface area contributed by atoms with Gasteiger partial charge in [0.1, 0.15) is 5.82 Å². The molecule has 1 fully saturated rings. The molecule has 26 heavy (non-hydrogen) atoms. The molecule has 3 rings (SSSR count). The monoisotopic (exact) mass is 362 g/mol. The first kappa shape index (κ1) is 18.7. The Morgan fingerprint density at radius 2 is 1.65 bits per heavy atom. The van der Waals surface area contributed by atoms with Crippen LogP contribution in [0.2, 0.25) is 0 Å². The predicted molar refractivity (Wildman–Crippen MR) is 96.0 cm³/mol. The molecule has 1 atom stereocenters. The number of halogens is 2. The fraction of sp³-hybridized carbons (Fsp3) is 0.474. The van der Waals surface area contributed by atoms with Gasteiger partial charge in [-0.3, -0.25) is 4.90 Å². The molecule has 0 spiro atoms. The van der Waals surface area contributed by atoms with E-state index in [2.05, 4.69) is 19.8 Å². The van der Waals surface area contributed by atoms with Crippen molar-refractivity contribution in [2.24, 2.45) is 0 Å². The highest BCUT2D eigenvalue weighted by molar-refractivity contribution is 5.29. The number of hydrogen-bond donors (Lipinski definition) is 0. The van der Waals surface area contributed by atoms with Crippen molar-refractivity contribution in [1.82, 2.24) is 14.9 Å². The summed E-state index contributed by atoms with van der Waals surface area (Å²) in [5.41, 5.74) is 1.01. The van der Waals surface area contributed by atoms with Gasteiger partial charge in [0, 0.05) is 33.3 Å². The van der Waals surface area contributed by atoms with Gasteiger partial charge in [0.05, 0.1) is 18.5 Å². The third kappa shape index (κ3) is 4.95. The normalized spacial score (nSPS) is 16.7. The maximum Gasteiger partial charge on any atom is 0.225 e. The van der Waals surface area contributed by atoms with Crippen LogP contribution in [0.5, 0.6) is 0 Å². The standard InChI is InChI=1S/C19H24F2N4O/c1-26-18(15-4-6-16(20)7-5-15)3-2-8-24-9-11-25(12-10-24)19-22-13-17(21)14-23-19/h4-7,13-14,18H,2-3,8-12H2,1H3. The van der Waals surface area contributed by atoms with Gasteiger partial charge in [-0.15, -0.1) is 0 Å². The van der Waals surface area contributed by atoms with E-state index in [4.69, 9.17) is 4.74 Å². The van der Waals surface area contributed by atoms with Crippen molar-refractivity contribution in [3.8, 4) is 0 Å². The second kappa shape index (κ2) is 9.00. The van der Waals surface area contributed by atoms with Gasteiger partial charge in [-0.2, -0.15) is 0 Å². The van der Waals surface area contributed by atoms with Crippen LogP contribution in [-0.4, -0.2) is 54.7 Å². The summed E-state index contributed by atoms with van der Waals surface area (Å²) < 4.78 is 31.5. The Morgan fingerprint density at radius 3 is 2.27 bits per heavy atom. The average Bonchev–Trinajstić information content (AvgIpc) is 2.67. The fourth-order valence-electron chi connectivity index (χ4n) is 3.24. The first-order valence-corrected chi connectivity index (χ1v) is 8.89. The molecule has 0 radical (unpaired) electrons. The SMILES string of the molecule is COC(CCCN1CCN(c2ncc(F)cn2)CC1)c1ccc(F)cc1. The number of nitrogens with zero attached hydrogens (tertiary/aromatic N) is 4. The average molecular weight is 362 g/mol. The topological polar surface area (TPSA) is 41.5 Å². The highest BCUT2D eigenvalue weighted by Gasteiger charge is 2.19. The zero-order valence-electron chi connectivity index (χ0n) is 14.9. The van der Waals surface area contributed by atoms with Crippen LogP contribution in [0.1, 0.15) is 24.5 Å². The first-order valence-electron chi connectivity index (χ1n) is 8.89. The van der Waals surface area contributed by atoms with Gasteiger partial charge in [0.25, 0.3) is 0 Å². The summed E-state index contributed by atoms with van der Waals surface area (Å²) in [4.78, 5) is 12.6. The Morgan fingerprint density at radius 1 is 1.00 bits per heavy atom.